The Morgan fingerprint density at radius 2 is 2.33 bits per heavy atom. The van der Waals surface area contributed by atoms with E-state index in [-0.39, 0.29) is 0 Å². The van der Waals surface area contributed by atoms with Crippen molar-refractivity contribution in [2.75, 3.05) is 0 Å². The number of benzene rings is 1. The predicted molar refractivity (Wildman–Crippen MR) is 48.7 cm³/mol. The Morgan fingerprint density at radius 3 is 2.92 bits per heavy atom. The van der Waals surface area contributed by atoms with Gasteiger partial charge >= 0.3 is 0 Å². The highest BCUT2D eigenvalue weighted by Gasteiger charge is 2.01. The van der Waals surface area contributed by atoms with Crippen molar-refractivity contribution < 1.29 is 0 Å². The Labute approximate surface area is 76.6 Å². The molecule has 0 spiro atoms. The molecule has 3 heteroatoms. The fourth-order valence-corrected chi connectivity index (χ4v) is 1.18. The zero-order chi connectivity index (χ0) is 8.97. The van der Waals surface area contributed by atoms with E-state index in [1.807, 2.05) is 24.3 Å². The van der Waals surface area contributed by atoms with E-state index in [9.17, 15) is 0 Å². The standard InChI is InChI=1S/C9H9ClN2/c10-8-3-1-2-7(4-8)5-9(12)6-11/h1-4,9H,5,12H2. The average Bonchev–Trinajstić information content (AvgIpc) is 2.04. The van der Waals surface area contributed by atoms with Crippen LogP contribution in [0.5, 0.6) is 0 Å². The molecule has 0 fully saturated rings. The zero-order valence-corrected chi connectivity index (χ0v) is 7.25. The molecule has 1 aromatic carbocycles. The van der Waals surface area contributed by atoms with Gasteiger partial charge in [0.25, 0.3) is 0 Å². The smallest absolute Gasteiger partial charge is 0.0968 e. The number of nitrogens with zero attached hydrogens (tertiary/aromatic N) is 1. The van der Waals surface area contributed by atoms with Gasteiger partial charge in [-0.3, -0.25) is 0 Å². The quantitative estimate of drug-likeness (QED) is 0.754. The maximum absolute atomic E-state index is 8.46. The van der Waals surface area contributed by atoms with Gasteiger partial charge in [-0.2, -0.15) is 5.26 Å². The van der Waals surface area contributed by atoms with Gasteiger partial charge in [0.1, 0.15) is 0 Å². The van der Waals surface area contributed by atoms with Gasteiger partial charge in [-0.05, 0) is 17.7 Å². The summed E-state index contributed by atoms with van der Waals surface area (Å²) in [5.74, 6) is 0. The van der Waals surface area contributed by atoms with E-state index >= 15 is 0 Å². The Hall–Kier alpha value is -1.04. The Morgan fingerprint density at radius 1 is 1.58 bits per heavy atom. The van der Waals surface area contributed by atoms with Gasteiger partial charge in [-0.15, -0.1) is 0 Å². The largest absolute Gasteiger partial charge is 0.316 e. The van der Waals surface area contributed by atoms with Crippen LogP contribution in [0.3, 0.4) is 0 Å². The molecule has 0 bridgehead atoms. The fourth-order valence-electron chi connectivity index (χ4n) is 0.964. The van der Waals surface area contributed by atoms with E-state index in [2.05, 4.69) is 0 Å². The van der Waals surface area contributed by atoms with Crippen molar-refractivity contribution in [3.8, 4) is 6.07 Å². The van der Waals surface area contributed by atoms with Gasteiger partial charge in [0, 0.05) is 11.4 Å². The first-order chi connectivity index (χ1) is 5.72. The lowest BCUT2D eigenvalue weighted by molar-refractivity contribution is 0.823. The molecule has 0 aliphatic carbocycles. The lowest BCUT2D eigenvalue weighted by Crippen LogP contribution is -2.19. The average molecular weight is 181 g/mol. The fraction of sp³-hybridized carbons (Fsp3) is 0.222. The molecule has 1 rings (SSSR count). The summed E-state index contributed by atoms with van der Waals surface area (Å²) in [7, 11) is 0. The topological polar surface area (TPSA) is 49.8 Å². The molecule has 0 aromatic heterocycles. The molecule has 0 aliphatic heterocycles. The minimum atomic E-state index is -0.441. The summed E-state index contributed by atoms with van der Waals surface area (Å²) in [6, 6.07) is 8.89. The van der Waals surface area contributed by atoms with Crippen LogP contribution in [-0.4, -0.2) is 6.04 Å². The molecule has 1 atom stereocenters. The Balaban J connectivity index is 2.71. The normalized spacial score (nSPS) is 12.1. The Bertz CT molecular complexity index is 304. The predicted octanol–water partition coefficient (Wildman–Crippen LogP) is 1.73. The molecule has 2 N–H and O–H groups in total. The van der Waals surface area contributed by atoms with Crippen LogP contribution in [0.4, 0.5) is 0 Å². The number of hydrogen-bond acceptors (Lipinski definition) is 2. The van der Waals surface area contributed by atoms with Gasteiger partial charge in [0.2, 0.25) is 0 Å². The van der Waals surface area contributed by atoms with Crippen LogP contribution >= 0.6 is 11.6 Å². The summed E-state index contributed by atoms with van der Waals surface area (Å²) in [5, 5.41) is 9.14. The highest BCUT2D eigenvalue weighted by Crippen LogP contribution is 2.11. The summed E-state index contributed by atoms with van der Waals surface area (Å²) < 4.78 is 0. The number of halogens is 1. The maximum atomic E-state index is 8.46. The van der Waals surface area contributed by atoms with Crippen LogP contribution in [0, 0.1) is 11.3 Å². The highest BCUT2D eigenvalue weighted by atomic mass is 35.5. The second-order valence-corrected chi connectivity index (χ2v) is 3.01. The number of nitriles is 1. The summed E-state index contributed by atoms with van der Waals surface area (Å²) in [6.07, 6.45) is 0.553. The highest BCUT2D eigenvalue weighted by molar-refractivity contribution is 6.30. The monoisotopic (exact) mass is 180 g/mol. The van der Waals surface area contributed by atoms with E-state index in [0.29, 0.717) is 11.4 Å². The summed E-state index contributed by atoms with van der Waals surface area (Å²) in [6.45, 7) is 0. The van der Waals surface area contributed by atoms with E-state index in [4.69, 9.17) is 22.6 Å². The second-order valence-electron chi connectivity index (χ2n) is 2.57. The molecule has 0 heterocycles. The lowest BCUT2D eigenvalue weighted by Gasteiger charge is -2.02. The van der Waals surface area contributed by atoms with Crippen LogP contribution in [-0.2, 0) is 6.42 Å². The minimum absolute atomic E-state index is 0.441. The molecule has 0 saturated heterocycles. The maximum Gasteiger partial charge on any atom is 0.0968 e. The first-order valence-corrected chi connectivity index (χ1v) is 4.00. The minimum Gasteiger partial charge on any atom is -0.316 e. The van der Waals surface area contributed by atoms with E-state index in [1.165, 1.54) is 0 Å². The molecular weight excluding hydrogens is 172 g/mol. The van der Waals surface area contributed by atoms with Crippen molar-refractivity contribution in [2.24, 2.45) is 5.73 Å². The van der Waals surface area contributed by atoms with Crippen molar-refractivity contribution >= 4 is 11.6 Å². The van der Waals surface area contributed by atoms with Crippen molar-refractivity contribution in [1.29, 1.82) is 5.26 Å². The first-order valence-electron chi connectivity index (χ1n) is 3.62. The lowest BCUT2D eigenvalue weighted by atomic mass is 10.1. The van der Waals surface area contributed by atoms with Crippen molar-refractivity contribution in [1.82, 2.24) is 0 Å². The second kappa shape index (κ2) is 4.10. The molecule has 62 valence electrons. The van der Waals surface area contributed by atoms with Gasteiger partial charge < -0.3 is 5.73 Å². The van der Waals surface area contributed by atoms with Gasteiger partial charge in [-0.1, -0.05) is 23.7 Å². The SMILES string of the molecule is N#CC(N)Cc1cccc(Cl)c1. The molecule has 1 unspecified atom stereocenters. The zero-order valence-electron chi connectivity index (χ0n) is 6.50. The molecule has 2 nitrogen and oxygen atoms in total. The molecular formula is C9H9ClN2. The number of rotatable bonds is 2. The summed E-state index contributed by atoms with van der Waals surface area (Å²) in [4.78, 5) is 0. The van der Waals surface area contributed by atoms with Crippen LogP contribution in [0.1, 0.15) is 5.56 Å². The van der Waals surface area contributed by atoms with Crippen LogP contribution < -0.4 is 5.73 Å². The first kappa shape index (κ1) is 9.05. The van der Waals surface area contributed by atoms with Crippen molar-refractivity contribution in [3.63, 3.8) is 0 Å². The van der Waals surface area contributed by atoms with Gasteiger partial charge in [0.15, 0.2) is 0 Å². The van der Waals surface area contributed by atoms with E-state index in [1.54, 1.807) is 6.07 Å². The third kappa shape index (κ3) is 2.54. The summed E-state index contributed by atoms with van der Waals surface area (Å²) >= 11 is 5.75. The van der Waals surface area contributed by atoms with Gasteiger partial charge in [0.05, 0.1) is 12.1 Å². The van der Waals surface area contributed by atoms with Crippen molar-refractivity contribution in [3.05, 3.63) is 34.9 Å². The van der Waals surface area contributed by atoms with Crippen molar-refractivity contribution in [2.45, 2.75) is 12.5 Å². The molecule has 12 heavy (non-hydrogen) atoms. The number of nitrogens with two attached hydrogens (primary N) is 1. The molecule has 0 radical (unpaired) electrons. The third-order valence-corrected chi connectivity index (χ3v) is 1.75. The Kier molecular flexibility index (Phi) is 3.09. The molecule has 1 aromatic rings. The molecule has 0 amide bonds. The molecule has 0 aliphatic rings. The summed E-state index contributed by atoms with van der Waals surface area (Å²) in [5.41, 5.74) is 6.45. The third-order valence-electron chi connectivity index (χ3n) is 1.51. The molecule has 0 saturated carbocycles. The van der Waals surface area contributed by atoms with E-state index < -0.39 is 6.04 Å². The van der Waals surface area contributed by atoms with E-state index in [0.717, 1.165) is 5.56 Å². The number of hydrogen-bond donors (Lipinski definition) is 1. The van der Waals surface area contributed by atoms with Gasteiger partial charge in [-0.25, -0.2) is 0 Å². The van der Waals surface area contributed by atoms with Crippen LogP contribution in [0.25, 0.3) is 0 Å². The van der Waals surface area contributed by atoms with Crippen LogP contribution in [0.2, 0.25) is 5.02 Å². The van der Waals surface area contributed by atoms with Crippen LogP contribution in [0.15, 0.2) is 24.3 Å².